The summed E-state index contributed by atoms with van der Waals surface area (Å²) in [5, 5.41) is 0. The van der Waals surface area contributed by atoms with Crippen LogP contribution in [0, 0.1) is 0 Å². The van der Waals surface area contributed by atoms with Gasteiger partial charge in [-0.3, -0.25) is 0 Å². The Kier molecular flexibility index (Phi) is 5.19. The largest absolute Gasteiger partial charge is 0.497 e. The zero-order valence-electron chi connectivity index (χ0n) is 12.3. The van der Waals surface area contributed by atoms with Crippen LogP contribution >= 0.6 is 0 Å². The minimum Gasteiger partial charge on any atom is -0.497 e. The molecule has 0 aliphatic heterocycles. The Bertz CT molecular complexity index is 507. The van der Waals surface area contributed by atoms with Crippen LogP contribution in [-0.2, 0) is 0 Å². The number of benzene rings is 2. The van der Waals surface area contributed by atoms with E-state index in [4.69, 9.17) is 10.5 Å². The van der Waals surface area contributed by atoms with Crippen molar-refractivity contribution in [2.24, 2.45) is 5.73 Å². The van der Waals surface area contributed by atoms with Crippen molar-refractivity contribution in [1.82, 2.24) is 0 Å². The molecule has 0 spiro atoms. The first-order valence-electron chi connectivity index (χ1n) is 7.15. The summed E-state index contributed by atoms with van der Waals surface area (Å²) in [6.45, 7) is 2.98. The average molecular weight is 269 g/mol. The van der Waals surface area contributed by atoms with Crippen LogP contribution in [0.15, 0.2) is 54.6 Å². The van der Waals surface area contributed by atoms with E-state index in [2.05, 4.69) is 49.4 Å². The standard InChI is InChI=1S/C18H23NO/c1-14(15-6-4-3-5-7-15)18(12-13-19)16-8-10-17(20-2)11-9-16/h3-11,14,18H,12-13,19H2,1-2H3. The Morgan fingerprint density at radius 1 is 0.950 bits per heavy atom. The van der Waals surface area contributed by atoms with E-state index in [1.165, 1.54) is 11.1 Å². The summed E-state index contributed by atoms with van der Waals surface area (Å²) in [7, 11) is 1.69. The highest BCUT2D eigenvalue weighted by Crippen LogP contribution is 2.35. The second kappa shape index (κ2) is 7.11. The molecule has 2 N–H and O–H groups in total. The molecule has 0 aliphatic carbocycles. The predicted octanol–water partition coefficient (Wildman–Crippen LogP) is 3.93. The lowest BCUT2D eigenvalue weighted by Crippen LogP contribution is -2.13. The maximum absolute atomic E-state index is 5.81. The summed E-state index contributed by atoms with van der Waals surface area (Å²) in [5.74, 6) is 1.79. The molecular formula is C18H23NO. The second-order valence-electron chi connectivity index (χ2n) is 5.16. The maximum Gasteiger partial charge on any atom is 0.118 e. The van der Waals surface area contributed by atoms with Crippen molar-refractivity contribution in [3.8, 4) is 5.75 Å². The number of hydrogen-bond donors (Lipinski definition) is 1. The van der Waals surface area contributed by atoms with E-state index in [1.807, 2.05) is 12.1 Å². The van der Waals surface area contributed by atoms with Crippen molar-refractivity contribution in [3.05, 3.63) is 65.7 Å². The Morgan fingerprint density at radius 2 is 1.60 bits per heavy atom. The van der Waals surface area contributed by atoms with Gasteiger partial charge in [0, 0.05) is 0 Å². The van der Waals surface area contributed by atoms with E-state index in [1.54, 1.807) is 7.11 Å². The molecule has 2 rings (SSSR count). The molecular weight excluding hydrogens is 246 g/mol. The minimum absolute atomic E-state index is 0.438. The van der Waals surface area contributed by atoms with Gasteiger partial charge in [0.25, 0.3) is 0 Å². The van der Waals surface area contributed by atoms with Crippen molar-refractivity contribution in [1.29, 1.82) is 0 Å². The van der Waals surface area contributed by atoms with Gasteiger partial charge in [-0.2, -0.15) is 0 Å². The number of hydrogen-bond acceptors (Lipinski definition) is 2. The summed E-state index contributed by atoms with van der Waals surface area (Å²) in [5.41, 5.74) is 8.50. The van der Waals surface area contributed by atoms with Crippen molar-refractivity contribution in [2.75, 3.05) is 13.7 Å². The number of methoxy groups -OCH3 is 1. The fraction of sp³-hybridized carbons (Fsp3) is 0.333. The fourth-order valence-corrected chi connectivity index (χ4v) is 2.72. The van der Waals surface area contributed by atoms with Crippen LogP contribution in [-0.4, -0.2) is 13.7 Å². The summed E-state index contributed by atoms with van der Waals surface area (Å²) in [4.78, 5) is 0. The summed E-state index contributed by atoms with van der Waals surface area (Å²) in [6, 6.07) is 19.0. The van der Waals surface area contributed by atoms with Crippen LogP contribution in [0.4, 0.5) is 0 Å². The molecule has 0 bridgehead atoms. The summed E-state index contributed by atoms with van der Waals surface area (Å²) >= 11 is 0. The van der Waals surface area contributed by atoms with Gasteiger partial charge in [0.1, 0.15) is 5.75 Å². The number of rotatable bonds is 6. The van der Waals surface area contributed by atoms with E-state index in [0.717, 1.165) is 12.2 Å². The average Bonchev–Trinajstić information content (AvgIpc) is 2.53. The fourth-order valence-electron chi connectivity index (χ4n) is 2.72. The topological polar surface area (TPSA) is 35.2 Å². The molecule has 0 saturated carbocycles. The van der Waals surface area contributed by atoms with Gasteiger partial charge in [-0.1, -0.05) is 49.4 Å². The van der Waals surface area contributed by atoms with Gasteiger partial charge in [0.05, 0.1) is 7.11 Å². The van der Waals surface area contributed by atoms with Crippen LogP contribution in [0.3, 0.4) is 0 Å². The number of nitrogens with two attached hydrogens (primary N) is 1. The van der Waals surface area contributed by atoms with Gasteiger partial charge < -0.3 is 10.5 Å². The first-order valence-corrected chi connectivity index (χ1v) is 7.15. The third kappa shape index (κ3) is 3.40. The van der Waals surface area contributed by atoms with Crippen molar-refractivity contribution in [3.63, 3.8) is 0 Å². The molecule has 2 nitrogen and oxygen atoms in total. The Hall–Kier alpha value is -1.80. The highest BCUT2D eigenvalue weighted by atomic mass is 16.5. The lowest BCUT2D eigenvalue weighted by Gasteiger charge is -2.24. The van der Waals surface area contributed by atoms with E-state index in [0.29, 0.717) is 18.4 Å². The van der Waals surface area contributed by atoms with E-state index < -0.39 is 0 Å². The lowest BCUT2D eigenvalue weighted by atomic mass is 9.80. The molecule has 20 heavy (non-hydrogen) atoms. The molecule has 0 aromatic heterocycles. The minimum atomic E-state index is 0.438. The molecule has 0 aliphatic rings. The Morgan fingerprint density at radius 3 is 2.15 bits per heavy atom. The predicted molar refractivity (Wildman–Crippen MR) is 84.3 cm³/mol. The van der Waals surface area contributed by atoms with Gasteiger partial charge in [-0.15, -0.1) is 0 Å². The molecule has 106 valence electrons. The van der Waals surface area contributed by atoms with Gasteiger partial charge in [-0.05, 0) is 48.1 Å². The SMILES string of the molecule is COc1ccc(C(CCN)C(C)c2ccccc2)cc1. The third-order valence-corrected chi connectivity index (χ3v) is 3.95. The lowest BCUT2D eigenvalue weighted by molar-refractivity contribution is 0.414. The van der Waals surface area contributed by atoms with Gasteiger partial charge in [-0.25, -0.2) is 0 Å². The third-order valence-electron chi connectivity index (χ3n) is 3.95. The van der Waals surface area contributed by atoms with E-state index >= 15 is 0 Å². The summed E-state index contributed by atoms with van der Waals surface area (Å²) < 4.78 is 5.23. The van der Waals surface area contributed by atoms with E-state index in [-0.39, 0.29) is 0 Å². The normalized spacial score (nSPS) is 13.8. The monoisotopic (exact) mass is 269 g/mol. The van der Waals surface area contributed by atoms with Crippen LogP contribution in [0.25, 0.3) is 0 Å². The van der Waals surface area contributed by atoms with Crippen molar-refractivity contribution < 1.29 is 4.74 Å². The molecule has 0 saturated heterocycles. The first kappa shape index (κ1) is 14.6. The quantitative estimate of drug-likeness (QED) is 0.862. The molecule has 2 atom stereocenters. The van der Waals surface area contributed by atoms with E-state index in [9.17, 15) is 0 Å². The van der Waals surface area contributed by atoms with Crippen LogP contribution in [0.2, 0.25) is 0 Å². The molecule has 2 unspecified atom stereocenters. The maximum atomic E-state index is 5.81. The second-order valence-corrected chi connectivity index (χ2v) is 5.16. The first-order chi connectivity index (χ1) is 9.76. The Labute approximate surface area is 121 Å². The zero-order chi connectivity index (χ0) is 14.4. The van der Waals surface area contributed by atoms with Crippen LogP contribution in [0.1, 0.15) is 36.3 Å². The van der Waals surface area contributed by atoms with Crippen LogP contribution in [0.5, 0.6) is 5.75 Å². The molecule has 2 aromatic carbocycles. The highest BCUT2D eigenvalue weighted by Gasteiger charge is 2.20. The van der Waals surface area contributed by atoms with Gasteiger partial charge in [0.2, 0.25) is 0 Å². The molecule has 2 heteroatoms. The van der Waals surface area contributed by atoms with Gasteiger partial charge in [0.15, 0.2) is 0 Å². The molecule has 0 heterocycles. The Balaban J connectivity index is 2.25. The molecule has 2 aromatic rings. The summed E-state index contributed by atoms with van der Waals surface area (Å²) in [6.07, 6.45) is 0.988. The van der Waals surface area contributed by atoms with Gasteiger partial charge >= 0.3 is 0 Å². The smallest absolute Gasteiger partial charge is 0.118 e. The van der Waals surface area contributed by atoms with Crippen LogP contribution < -0.4 is 10.5 Å². The highest BCUT2D eigenvalue weighted by molar-refractivity contribution is 5.32. The number of ether oxygens (including phenoxy) is 1. The van der Waals surface area contributed by atoms with Crippen molar-refractivity contribution >= 4 is 0 Å². The molecule has 0 radical (unpaired) electrons. The molecule has 0 fully saturated rings. The molecule has 0 amide bonds. The van der Waals surface area contributed by atoms with Crippen molar-refractivity contribution in [2.45, 2.75) is 25.2 Å². The zero-order valence-corrected chi connectivity index (χ0v) is 12.3.